The fourth-order valence-electron chi connectivity index (χ4n) is 4.14. The van der Waals surface area contributed by atoms with Gasteiger partial charge in [-0.15, -0.1) is 0 Å². The number of rotatable bonds is 0. The predicted molar refractivity (Wildman–Crippen MR) is 68.0 cm³/mol. The summed E-state index contributed by atoms with van der Waals surface area (Å²) in [6.07, 6.45) is 17.3. The van der Waals surface area contributed by atoms with Crippen LogP contribution in [0.2, 0.25) is 0 Å². The summed E-state index contributed by atoms with van der Waals surface area (Å²) in [6.45, 7) is 0. The quantitative estimate of drug-likeness (QED) is 0.568. The first-order chi connectivity index (χ1) is 7.22. The van der Waals surface area contributed by atoms with Crippen LogP contribution < -0.4 is 0 Å². The van der Waals surface area contributed by atoms with Crippen molar-refractivity contribution in [2.24, 2.45) is 10.8 Å². The van der Waals surface area contributed by atoms with Crippen molar-refractivity contribution in [2.45, 2.75) is 64.2 Å². The molecule has 3 aliphatic carbocycles. The molecule has 0 unspecified atom stereocenters. The summed E-state index contributed by atoms with van der Waals surface area (Å²) in [6, 6.07) is 0. The molecular weight excluding hydrogens is 248 g/mol. The minimum Gasteiger partial charge on any atom is -0.0681 e. The molecule has 0 nitrogen and oxygen atoms in total. The highest BCUT2D eigenvalue weighted by Crippen LogP contribution is 2.57. The molecule has 15 heavy (non-hydrogen) atoms. The molecule has 2 saturated carbocycles. The molecule has 0 aromatic rings. The Morgan fingerprint density at radius 1 is 0.867 bits per heavy atom. The van der Waals surface area contributed by atoms with Crippen molar-refractivity contribution in [3.63, 3.8) is 0 Å². The van der Waals surface area contributed by atoms with Gasteiger partial charge >= 0.3 is 0 Å². The largest absolute Gasteiger partial charge is 0.0681 e. The van der Waals surface area contributed by atoms with Gasteiger partial charge in [0.1, 0.15) is 0 Å². The van der Waals surface area contributed by atoms with Crippen LogP contribution in [0.3, 0.4) is 0 Å². The van der Waals surface area contributed by atoms with Crippen molar-refractivity contribution >= 4 is 15.9 Å². The van der Waals surface area contributed by atoms with Crippen LogP contribution in [0.5, 0.6) is 0 Å². The third-order valence-corrected chi connectivity index (χ3v) is 5.92. The molecule has 0 atom stereocenters. The monoisotopic (exact) mass is 268 g/mol. The fourth-order valence-corrected chi connectivity index (χ4v) is 4.83. The zero-order chi connectivity index (χ0) is 10.4. The summed E-state index contributed by atoms with van der Waals surface area (Å²) in [4.78, 5) is 0. The van der Waals surface area contributed by atoms with Crippen molar-refractivity contribution in [3.05, 3.63) is 10.6 Å². The Labute approximate surface area is 102 Å². The number of hydrogen-bond donors (Lipinski definition) is 0. The lowest BCUT2D eigenvalue weighted by Gasteiger charge is -2.42. The fraction of sp³-hybridized carbons (Fsp3) is 0.857. The maximum absolute atomic E-state index is 3.68. The Balaban J connectivity index is 1.70. The normalized spacial score (nSPS) is 32.5. The van der Waals surface area contributed by atoms with Gasteiger partial charge in [-0.1, -0.05) is 34.8 Å². The Bertz CT molecular complexity index is 274. The molecule has 0 aliphatic heterocycles. The Kier molecular flexibility index (Phi) is 2.50. The van der Waals surface area contributed by atoms with Crippen LogP contribution in [0.1, 0.15) is 64.2 Å². The molecule has 0 aromatic carbocycles. The summed E-state index contributed by atoms with van der Waals surface area (Å²) < 4.78 is 1.48. The van der Waals surface area contributed by atoms with Gasteiger partial charge in [0.15, 0.2) is 0 Å². The zero-order valence-electron chi connectivity index (χ0n) is 9.53. The van der Waals surface area contributed by atoms with E-state index in [1.54, 1.807) is 0 Å². The molecule has 1 heteroatoms. The van der Waals surface area contributed by atoms with E-state index in [9.17, 15) is 0 Å². The molecule has 84 valence electrons. The van der Waals surface area contributed by atoms with E-state index in [0.717, 1.165) is 5.41 Å². The standard InChI is InChI=1S/C14H21Br/c15-12-3-6-14(11-12)9-7-13(8-10-14)4-1-2-5-13/h11H,1-10H2. The Hall–Kier alpha value is 0.220. The lowest BCUT2D eigenvalue weighted by molar-refractivity contribution is 0.113. The summed E-state index contributed by atoms with van der Waals surface area (Å²) in [7, 11) is 0. The predicted octanol–water partition coefficient (Wildman–Crippen LogP) is 5.18. The lowest BCUT2D eigenvalue weighted by atomic mass is 9.63. The molecule has 0 heterocycles. The number of halogens is 1. The molecule has 0 bridgehead atoms. The highest BCUT2D eigenvalue weighted by Gasteiger charge is 2.44. The second-order valence-corrected chi connectivity index (χ2v) is 7.18. The van der Waals surface area contributed by atoms with E-state index in [1.807, 2.05) is 0 Å². The minimum absolute atomic E-state index is 0.618. The highest BCUT2D eigenvalue weighted by atomic mass is 79.9. The van der Waals surface area contributed by atoms with Crippen LogP contribution in [0, 0.1) is 10.8 Å². The SMILES string of the molecule is BrC1=CC2(CC1)CCC1(CCCC1)CC2. The first kappa shape index (κ1) is 10.4. The molecule has 0 N–H and O–H groups in total. The summed E-state index contributed by atoms with van der Waals surface area (Å²) in [5.74, 6) is 0. The van der Waals surface area contributed by atoms with Crippen LogP contribution in [0.15, 0.2) is 10.6 Å². The average molecular weight is 269 g/mol. The van der Waals surface area contributed by atoms with Gasteiger partial charge in [0.25, 0.3) is 0 Å². The maximum atomic E-state index is 3.68. The van der Waals surface area contributed by atoms with Crippen molar-refractivity contribution in [3.8, 4) is 0 Å². The van der Waals surface area contributed by atoms with Gasteiger partial charge in [-0.05, 0) is 66.7 Å². The van der Waals surface area contributed by atoms with E-state index in [4.69, 9.17) is 0 Å². The topological polar surface area (TPSA) is 0 Å². The van der Waals surface area contributed by atoms with Crippen LogP contribution in [0.4, 0.5) is 0 Å². The van der Waals surface area contributed by atoms with E-state index < -0.39 is 0 Å². The molecule has 0 aromatic heterocycles. The number of hydrogen-bond acceptors (Lipinski definition) is 0. The van der Waals surface area contributed by atoms with Crippen molar-refractivity contribution in [1.29, 1.82) is 0 Å². The molecule has 0 amide bonds. The molecule has 3 aliphatic rings. The third-order valence-electron chi connectivity index (χ3n) is 5.30. The third kappa shape index (κ3) is 1.81. The van der Waals surface area contributed by atoms with Gasteiger partial charge in [-0.2, -0.15) is 0 Å². The summed E-state index contributed by atoms with van der Waals surface area (Å²) in [5, 5.41) is 0. The Morgan fingerprint density at radius 3 is 2.07 bits per heavy atom. The first-order valence-corrected chi connectivity index (χ1v) is 7.39. The minimum atomic E-state index is 0.618. The zero-order valence-corrected chi connectivity index (χ0v) is 11.1. The van der Waals surface area contributed by atoms with Gasteiger partial charge in [0.2, 0.25) is 0 Å². The van der Waals surface area contributed by atoms with Crippen molar-refractivity contribution in [1.82, 2.24) is 0 Å². The molecule has 0 radical (unpaired) electrons. The van der Waals surface area contributed by atoms with E-state index in [0.29, 0.717) is 5.41 Å². The average Bonchev–Trinajstić information content (AvgIpc) is 2.81. The number of allylic oxidation sites excluding steroid dienone is 2. The van der Waals surface area contributed by atoms with E-state index in [-0.39, 0.29) is 0 Å². The Morgan fingerprint density at radius 2 is 1.53 bits per heavy atom. The second kappa shape index (κ2) is 3.61. The molecule has 3 rings (SSSR count). The second-order valence-electron chi connectivity index (χ2n) is 6.16. The van der Waals surface area contributed by atoms with E-state index >= 15 is 0 Å². The molecule has 2 fully saturated rings. The van der Waals surface area contributed by atoms with Crippen LogP contribution in [-0.2, 0) is 0 Å². The van der Waals surface area contributed by atoms with Gasteiger partial charge in [0, 0.05) is 0 Å². The lowest BCUT2D eigenvalue weighted by Crippen LogP contribution is -2.30. The summed E-state index contributed by atoms with van der Waals surface area (Å²) >= 11 is 3.68. The smallest absolute Gasteiger partial charge is 0.00833 e. The molecule has 0 saturated heterocycles. The molecular formula is C14H21Br. The van der Waals surface area contributed by atoms with Gasteiger partial charge in [-0.3, -0.25) is 0 Å². The first-order valence-electron chi connectivity index (χ1n) is 6.59. The van der Waals surface area contributed by atoms with Crippen LogP contribution >= 0.6 is 15.9 Å². The van der Waals surface area contributed by atoms with Crippen LogP contribution in [-0.4, -0.2) is 0 Å². The molecule has 2 spiro atoms. The van der Waals surface area contributed by atoms with E-state index in [1.165, 1.54) is 68.7 Å². The summed E-state index contributed by atoms with van der Waals surface area (Å²) in [5.41, 5.74) is 1.42. The van der Waals surface area contributed by atoms with Crippen molar-refractivity contribution in [2.75, 3.05) is 0 Å². The highest BCUT2D eigenvalue weighted by molar-refractivity contribution is 9.11. The van der Waals surface area contributed by atoms with Crippen molar-refractivity contribution < 1.29 is 0 Å². The van der Waals surface area contributed by atoms with Gasteiger partial charge < -0.3 is 0 Å². The van der Waals surface area contributed by atoms with E-state index in [2.05, 4.69) is 22.0 Å². The van der Waals surface area contributed by atoms with Gasteiger partial charge in [-0.25, -0.2) is 0 Å². The maximum Gasteiger partial charge on any atom is -0.00833 e. The van der Waals surface area contributed by atoms with Gasteiger partial charge in [0.05, 0.1) is 0 Å². The van der Waals surface area contributed by atoms with Crippen LogP contribution in [0.25, 0.3) is 0 Å².